The number of nitrogens with zero attached hydrogens (tertiary/aromatic N) is 2. The van der Waals surface area contributed by atoms with Crippen LogP contribution in [0.25, 0.3) is 0 Å². The first-order valence-corrected chi connectivity index (χ1v) is 8.09. The van der Waals surface area contributed by atoms with Crippen LogP contribution < -0.4 is 0 Å². The van der Waals surface area contributed by atoms with E-state index in [1.54, 1.807) is 6.07 Å². The van der Waals surface area contributed by atoms with Crippen LogP contribution in [0.1, 0.15) is 37.0 Å². The highest BCUT2D eigenvalue weighted by molar-refractivity contribution is 7.15. The molecule has 1 aliphatic carbocycles. The number of aliphatic carboxylic acids is 1. The highest BCUT2D eigenvalue weighted by atomic mass is 32.1. The van der Waals surface area contributed by atoms with Crippen molar-refractivity contribution in [3.8, 4) is 0 Å². The molecule has 2 heterocycles. The van der Waals surface area contributed by atoms with E-state index in [9.17, 15) is 20.0 Å². The fourth-order valence-electron chi connectivity index (χ4n) is 3.75. The zero-order valence-electron chi connectivity index (χ0n) is 11.6. The quantitative estimate of drug-likeness (QED) is 0.683. The maximum atomic E-state index is 11.5. The summed E-state index contributed by atoms with van der Waals surface area (Å²) in [6, 6.07) is 3.13. The Morgan fingerprint density at radius 1 is 1.43 bits per heavy atom. The molecule has 0 aromatic carbocycles. The SMILES string of the molecule is O=C(O)C1CC2CCCCC2N1Cc1ccc([N+](=O)[O-])s1. The molecule has 3 rings (SSSR count). The number of likely N-dealkylation sites (tertiary alicyclic amines) is 1. The van der Waals surface area contributed by atoms with Crippen molar-refractivity contribution in [1.82, 2.24) is 4.90 Å². The summed E-state index contributed by atoms with van der Waals surface area (Å²) in [5.41, 5.74) is 0. The van der Waals surface area contributed by atoms with Crippen LogP contribution in [0, 0.1) is 16.0 Å². The molecule has 6 nitrogen and oxygen atoms in total. The summed E-state index contributed by atoms with van der Waals surface area (Å²) in [7, 11) is 0. The number of fused-ring (bicyclic) bond motifs is 1. The average Bonchev–Trinajstić information content (AvgIpc) is 3.05. The topological polar surface area (TPSA) is 83.7 Å². The molecule has 2 aliphatic rings. The minimum absolute atomic E-state index is 0.122. The highest BCUT2D eigenvalue weighted by Gasteiger charge is 2.45. The van der Waals surface area contributed by atoms with Crippen LogP contribution in [0.5, 0.6) is 0 Å². The summed E-state index contributed by atoms with van der Waals surface area (Å²) >= 11 is 1.15. The lowest BCUT2D eigenvalue weighted by atomic mass is 9.85. The molecular weight excluding hydrogens is 292 g/mol. The number of rotatable bonds is 4. The van der Waals surface area contributed by atoms with Gasteiger partial charge in [-0.1, -0.05) is 24.2 Å². The lowest BCUT2D eigenvalue weighted by Crippen LogP contribution is -2.41. The Kier molecular flexibility index (Phi) is 3.95. The maximum Gasteiger partial charge on any atom is 0.324 e. The third-order valence-corrected chi connectivity index (χ3v) is 5.69. The van der Waals surface area contributed by atoms with Gasteiger partial charge < -0.3 is 5.11 Å². The van der Waals surface area contributed by atoms with Gasteiger partial charge in [-0.15, -0.1) is 0 Å². The number of hydrogen-bond acceptors (Lipinski definition) is 5. The number of thiophene rings is 1. The summed E-state index contributed by atoms with van der Waals surface area (Å²) in [5, 5.41) is 20.3. The van der Waals surface area contributed by atoms with Crippen LogP contribution in [0.15, 0.2) is 12.1 Å². The summed E-state index contributed by atoms with van der Waals surface area (Å²) in [5.74, 6) is -0.301. The van der Waals surface area contributed by atoms with E-state index in [0.717, 1.165) is 35.5 Å². The van der Waals surface area contributed by atoms with Crippen molar-refractivity contribution in [2.24, 2.45) is 5.92 Å². The molecule has 1 N–H and O–H groups in total. The smallest absolute Gasteiger partial charge is 0.324 e. The van der Waals surface area contributed by atoms with Crippen molar-refractivity contribution in [1.29, 1.82) is 0 Å². The second-order valence-corrected chi connectivity index (χ2v) is 7.02. The molecule has 7 heteroatoms. The lowest BCUT2D eigenvalue weighted by Gasteiger charge is -2.32. The first kappa shape index (κ1) is 14.5. The van der Waals surface area contributed by atoms with Crippen molar-refractivity contribution in [3.63, 3.8) is 0 Å². The average molecular weight is 310 g/mol. The number of carboxylic acid groups (broad SMARTS) is 1. The minimum Gasteiger partial charge on any atom is -0.480 e. The second-order valence-electron chi connectivity index (χ2n) is 5.87. The Labute approximate surface area is 126 Å². The van der Waals surface area contributed by atoms with Crippen molar-refractivity contribution >= 4 is 22.3 Å². The molecule has 1 aromatic rings. The van der Waals surface area contributed by atoms with Crippen molar-refractivity contribution < 1.29 is 14.8 Å². The summed E-state index contributed by atoms with van der Waals surface area (Å²) < 4.78 is 0. The Bertz CT molecular complexity index is 559. The van der Waals surface area contributed by atoms with Crippen LogP contribution in [0.2, 0.25) is 0 Å². The van der Waals surface area contributed by atoms with Gasteiger partial charge in [0.1, 0.15) is 6.04 Å². The van der Waals surface area contributed by atoms with Gasteiger partial charge >= 0.3 is 11.0 Å². The molecule has 0 amide bonds. The van der Waals surface area contributed by atoms with E-state index in [4.69, 9.17) is 0 Å². The first-order chi connectivity index (χ1) is 10.1. The fourth-order valence-corrected chi connectivity index (χ4v) is 4.58. The second kappa shape index (κ2) is 5.73. The normalized spacial score (nSPS) is 29.2. The molecular formula is C14H18N2O4S. The molecule has 1 saturated heterocycles. The van der Waals surface area contributed by atoms with E-state index >= 15 is 0 Å². The van der Waals surface area contributed by atoms with Crippen LogP contribution in [0.4, 0.5) is 5.00 Å². The van der Waals surface area contributed by atoms with E-state index in [1.807, 2.05) is 0 Å². The van der Waals surface area contributed by atoms with E-state index < -0.39 is 16.9 Å². The van der Waals surface area contributed by atoms with Gasteiger partial charge in [0.05, 0.1) is 4.92 Å². The largest absolute Gasteiger partial charge is 0.480 e. The van der Waals surface area contributed by atoms with Gasteiger partial charge in [-0.05, 0) is 31.2 Å². The predicted octanol–water partition coefficient (Wildman–Crippen LogP) is 2.87. The van der Waals surface area contributed by atoms with Crippen molar-refractivity contribution in [3.05, 3.63) is 27.1 Å². The summed E-state index contributed by atoms with van der Waals surface area (Å²) in [6.07, 6.45) is 5.20. The summed E-state index contributed by atoms with van der Waals surface area (Å²) in [4.78, 5) is 24.8. The molecule has 0 radical (unpaired) electrons. The number of nitro groups is 1. The molecule has 1 aromatic heterocycles. The number of carboxylic acids is 1. The van der Waals surface area contributed by atoms with Crippen LogP contribution in [-0.4, -0.2) is 33.0 Å². The molecule has 114 valence electrons. The molecule has 2 fully saturated rings. The van der Waals surface area contributed by atoms with Crippen LogP contribution in [-0.2, 0) is 11.3 Å². The van der Waals surface area contributed by atoms with E-state index in [2.05, 4.69) is 4.90 Å². The standard InChI is InChI=1S/C14H18N2O4S/c17-14(18)12-7-9-3-1-2-4-11(9)15(12)8-10-5-6-13(21-10)16(19)20/h5-6,9,11-12H,1-4,7-8H2,(H,17,18). The molecule has 1 saturated carbocycles. The highest BCUT2D eigenvalue weighted by Crippen LogP contribution is 2.41. The zero-order chi connectivity index (χ0) is 15.0. The van der Waals surface area contributed by atoms with E-state index in [0.29, 0.717) is 24.9 Å². The van der Waals surface area contributed by atoms with Gasteiger partial charge in [-0.2, -0.15) is 0 Å². The first-order valence-electron chi connectivity index (χ1n) is 7.28. The van der Waals surface area contributed by atoms with Crippen LogP contribution in [0.3, 0.4) is 0 Å². The Morgan fingerprint density at radius 2 is 2.19 bits per heavy atom. The van der Waals surface area contributed by atoms with Gasteiger partial charge in [0.25, 0.3) is 0 Å². The van der Waals surface area contributed by atoms with E-state index in [1.165, 1.54) is 12.5 Å². The van der Waals surface area contributed by atoms with Crippen molar-refractivity contribution in [2.45, 2.75) is 50.7 Å². The molecule has 0 bridgehead atoms. The Balaban J connectivity index is 1.79. The maximum absolute atomic E-state index is 11.5. The van der Waals surface area contributed by atoms with Gasteiger partial charge in [-0.25, -0.2) is 0 Å². The van der Waals surface area contributed by atoms with E-state index in [-0.39, 0.29) is 5.00 Å². The zero-order valence-corrected chi connectivity index (χ0v) is 12.4. The Morgan fingerprint density at radius 3 is 2.86 bits per heavy atom. The lowest BCUT2D eigenvalue weighted by molar-refractivity contribution is -0.380. The number of carbonyl (C=O) groups is 1. The molecule has 0 spiro atoms. The summed E-state index contributed by atoms with van der Waals surface area (Å²) in [6.45, 7) is 0.511. The Hall–Kier alpha value is -1.47. The van der Waals surface area contributed by atoms with Gasteiger partial charge in [0.15, 0.2) is 0 Å². The van der Waals surface area contributed by atoms with Crippen LogP contribution >= 0.6 is 11.3 Å². The van der Waals surface area contributed by atoms with Gasteiger partial charge in [-0.3, -0.25) is 19.8 Å². The van der Waals surface area contributed by atoms with Gasteiger partial charge in [0, 0.05) is 23.5 Å². The predicted molar refractivity (Wildman–Crippen MR) is 78.3 cm³/mol. The fraction of sp³-hybridized carbons (Fsp3) is 0.643. The molecule has 1 aliphatic heterocycles. The monoisotopic (exact) mass is 310 g/mol. The minimum atomic E-state index is -0.768. The third-order valence-electron chi connectivity index (χ3n) is 4.67. The molecule has 21 heavy (non-hydrogen) atoms. The van der Waals surface area contributed by atoms with Crippen molar-refractivity contribution in [2.75, 3.05) is 0 Å². The van der Waals surface area contributed by atoms with Gasteiger partial charge in [0.2, 0.25) is 0 Å². The third kappa shape index (κ3) is 2.80. The number of hydrogen-bond donors (Lipinski definition) is 1. The molecule has 3 unspecified atom stereocenters. The molecule has 3 atom stereocenters.